The van der Waals surface area contributed by atoms with E-state index in [1.54, 1.807) is 36.9 Å². The zero-order valence-corrected chi connectivity index (χ0v) is 14.8. The summed E-state index contributed by atoms with van der Waals surface area (Å²) in [4.78, 5) is 12.4. The average molecular weight is 333 g/mol. The van der Waals surface area contributed by atoms with Crippen LogP contribution in [-0.4, -0.2) is 22.3 Å². The summed E-state index contributed by atoms with van der Waals surface area (Å²) in [6.07, 6.45) is 0. The van der Waals surface area contributed by atoms with E-state index >= 15 is 0 Å². The normalized spacial score (nSPS) is 12.3. The minimum atomic E-state index is -0.432. The van der Waals surface area contributed by atoms with Crippen LogP contribution < -0.4 is 10.1 Å². The van der Waals surface area contributed by atoms with Crippen molar-refractivity contribution in [1.82, 2.24) is 15.1 Å². The maximum Gasteiger partial charge on any atom is 0.270 e. The van der Waals surface area contributed by atoms with Gasteiger partial charge in [0.25, 0.3) is 5.91 Å². The molecule has 0 unspecified atom stereocenters. The van der Waals surface area contributed by atoms with Crippen LogP contribution in [0.2, 0.25) is 0 Å². The largest absolute Gasteiger partial charge is 0.491 e. The van der Waals surface area contributed by atoms with E-state index in [0.29, 0.717) is 17.9 Å². The molecule has 0 spiro atoms. The van der Waals surface area contributed by atoms with Gasteiger partial charge in [0.2, 0.25) is 0 Å². The van der Waals surface area contributed by atoms with Crippen LogP contribution in [0.25, 0.3) is 0 Å². The maximum atomic E-state index is 14.0. The highest BCUT2D eigenvalue weighted by Crippen LogP contribution is 2.22. The highest BCUT2D eigenvalue weighted by molar-refractivity contribution is 5.93. The lowest BCUT2D eigenvalue weighted by molar-refractivity contribution is 0.0930. The fourth-order valence-electron chi connectivity index (χ4n) is 2.40. The van der Waals surface area contributed by atoms with Gasteiger partial charge in [-0.1, -0.05) is 19.9 Å². The average Bonchev–Trinajstić information content (AvgIpc) is 2.91. The first-order valence-electron chi connectivity index (χ1n) is 8.10. The zero-order valence-electron chi connectivity index (χ0n) is 14.8. The molecule has 0 radical (unpaired) electrons. The van der Waals surface area contributed by atoms with Crippen LogP contribution >= 0.6 is 0 Å². The van der Waals surface area contributed by atoms with E-state index in [4.69, 9.17) is 4.74 Å². The Morgan fingerprint density at radius 2 is 2.04 bits per heavy atom. The summed E-state index contributed by atoms with van der Waals surface area (Å²) in [6.45, 7) is 8.06. The van der Waals surface area contributed by atoms with E-state index in [-0.39, 0.29) is 23.6 Å². The van der Waals surface area contributed by atoms with E-state index in [9.17, 15) is 9.18 Å². The molecule has 2 rings (SSSR count). The van der Waals surface area contributed by atoms with E-state index in [0.717, 1.165) is 5.69 Å². The van der Waals surface area contributed by atoms with Crippen LogP contribution in [0.5, 0.6) is 5.75 Å². The van der Waals surface area contributed by atoms with Crippen molar-refractivity contribution in [3.63, 3.8) is 0 Å². The topological polar surface area (TPSA) is 56.1 Å². The third-order valence-corrected chi connectivity index (χ3v) is 3.83. The number of hydrogen-bond acceptors (Lipinski definition) is 3. The molecule has 5 nitrogen and oxygen atoms in total. The molecule has 0 saturated carbocycles. The quantitative estimate of drug-likeness (QED) is 0.879. The first-order valence-corrected chi connectivity index (χ1v) is 8.10. The van der Waals surface area contributed by atoms with Gasteiger partial charge in [0.15, 0.2) is 11.6 Å². The Hall–Kier alpha value is -2.37. The van der Waals surface area contributed by atoms with Gasteiger partial charge >= 0.3 is 0 Å². The number of rotatable bonds is 6. The number of hydrogen-bond donors (Lipinski definition) is 1. The molecule has 0 aliphatic carbocycles. The molecule has 1 aromatic heterocycles. The molecule has 1 atom stereocenters. The number of aromatic nitrogens is 2. The fourth-order valence-corrected chi connectivity index (χ4v) is 2.40. The van der Waals surface area contributed by atoms with Crippen LogP contribution in [0, 0.1) is 5.82 Å². The standard InChI is InChI=1S/C18H24FN3O2/c1-6-24-17-8-7-13(9-14(17)19)12(4)20-18(23)16-10-15(11(2)3)21-22(16)5/h7-12H,6H2,1-5H3,(H,20,23)/t12-/m1/s1. The van der Waals surface area contributed by atoms with Gasteiger partial charge in [-0.3, -0.25) is 9.48 Å². The Bertz CT molecular complexity index is 725. The smallest absolute Gasteiger partial charge is 0.270 e. The Morgan fingerprint density at radius 3 is 2.58 bits per heavy atom. The molecular weight excluding hydrogens is 309 g/mol. The van der Waals surface area contributed by atoms with Crippen LogP contribution in [0.4, 0.5) is 4.39 Å². The van der Waals surface area contributed by atoms with Crippen molar-refractivity contribution in [2.24, 2.45) is 7.05 Å². The molecule has 0 fully saturated rings. The number of ether oxygens (including phenoxy) is 1. The van der Waals surface area contributed by atoms with E-state index in [1.807, 2.05) is 20.8 Å². The van der Waals surface area contributed by atoms with Gasteiger partial charge < -0.3 is 10.1 Å². The Labute approximate surface area is 141 Å². The van der Waals surface area contributed by atoms with Crippen LogP contribution in [0.1, 0.15) is 61.4 Å². The highest BCUT2D eigenvalue weighted by atomic mass is 19.1. The van der Waals surface area contributed by atoms with Crippen molar-refractivity contribution in [2.45, 2.75) is 39.7 Å². The van der Waals surface area contributed by atoms with E-state index in [2.05, 4.69) is 10.4 Å². The number of carbonyl (C=O) groups excluding carboxylic acids is 1. The summed E-state index contributed by atoms with van der Waals surface area (Å²) in [5, 5.41) is 7.21. The van der Waals surface area contributed by atoms with Crippen molar-refractivity contribution >= 4 is 5.91 Å². The van der Waals surface area contributed by atoms with Crippen molar-refractivity contribution in [3.8, 4) is 5.75 Å². The summed E-state index contributed by atoms with van der Waals surface area (Å²) in [5.74, 6) is -0.208. The minimum Gasteiger partial charge on any atom is -0.491 e. The van der Waals surface area contributed by atoms with Gasteiger partial charge in [-0.15, -0.1) is 0 Å². The molecule has 1 N–H and O–H groups in total. The fraction of sp³-hybridized carbons (Fsp3) is 0.444. The van der Waals surface area contributed by atoms with Crippen LogP contribution in [0.15, 0.2) is 24.3 Å². The summed E-state index contributed by atoms with van der Waals surface area (Å²) in [5.41, 5.74) is 2.02. The number of halogens is 1. The lowest BCUT2D eigenvalue weighted by atomic mass is 10.1. The predicted molar refractivity (Wildman–Crippen MR) is 90.7 cm³/mol. The Balaban J connectivity index is 2.13. The number of benzene rings is 1. The number of carbonyl (C=O) groups is 1. The molecular formula is C18H24FN3O2. The second-order valence-electron chi connectivity index (χ2n) is 6.05. The maximum absolute atomic E-state index is 14.0. The number of nitrogens with one attached hydrogen (secondary N) is 1. The third-order valence-electron chi connectivity index (χ3n) is 3.83. The lowest BCUT2D eigenvalue weighted by Crippen LogP contribution is -2.28. The molecule has 6 heteroatoms. The van der Waals surface area contributed by atoms with E-state index < -0.39 is 5.82 Å². The van der Waals surface area contributed by atoms with Gasteiger partial charge in [0, 0.05) is 7.05 Å². The van der Waals surface area contributed by atoms with Gasteiger partial charge in [-0.25, -0.2) is 4.39 Å². The lowest BCUT2D eigenvalue weighted by Gasteiger charge is -2.15. The first-order chi connectivity index (χ1) is 11.3. The molecule has 0 aliphatic rings. The van der Waals surface area contributed by atoms with Crippen molar-refractivity contribution in [3.05, 3.63) is 47.0 Å². The summed E-state index contributed by atoms with van der Waals surface area (Å²) in [7, 11) is 1.74. The molecule has 0 saturated heterocycles. The van der Waals surface area contributed by atoms with Crippen molar-refractivity contribution in [2.75, 3.05) is 6.61 Å². The van der Waals surface area contributed by atoms with Crippen molar-refractivity contribution in [1.29, 1.82) is 0 Å². The SMILES string of the molecule is CCOc1ccc([C@@H](C)NC(=O)c2cc(C(C)C)nn2C)cc1F. The first kappa shape index (κ1) is 18.0. The molecule has 130 valence electrons. The van der Waals surface area contributed by atoms with Gasteiger partial charge in [-0.2, -0.15) is 5.10 Å². The highest BCUT2D eigenvalue weighted by Gasteiger charge is 2.18. The van der Waals surface area contributed by atoms with Crippen molar-refractivity contribution < 1.29 is 13.9 Å². The molecule has 2 aromatic rings. The molecule has 0 aliphatic heterocycles. The second-order valence-corrected chi connectivity index (χ2v) is 6.05. The molecule has 24 heavy (non-hydrogen) atoms. The number of nitrogens with zero attached hydrogens (tertiary/aromatic N) is 2. The van der Waals surface area contributed by atoms with Crippen LogP contribution in [-0.2, 0) is 7.05 Å². The third kappa shape index (κ3) is 3.93. The molecule has 1 aromatic carbocycles. The Morgan fingerprint density at radius 1 is 1.33 bits per heavy atom. The molecule has 1 heterocycles. The summed E-state index contributed by atoms with van der Waals surface area (Å²) < 4.78 is 20.7. The summed E-state index contributed by atoms with van der Waals surface area (Å²) >= 11 is 0. The molecule has 0 bridgehead atoms. The Kier molecular flexibility index (Phi) is 5.59. The second kappa shape index (κ2) is 7.47. The predicted octanol–water partition coefficient (Wildman–Crippen LogP) is 3.57. The van der Waals surface area contributed by atoms with Gasteiger partial charge in [-0.05, 0) is 43.5 Å². The number of aryl methyl sites for hydroxylation is 1. The monoisotopic (exact) mass is 333 g/mol. The minimum absolute atomic E-state index is 0.216. The zero-order chi connectivity index (χ0) is 17.9. The van der Waals surface area contributed by atoms with E-state index in [1.165, 1.54) is 6.07 Å². The summed E-state index contributed by atoms with van der Waals surface area (Å²) in [6, 6.07) is 6.17. The van der Waals surface area contributed by atoms with Crippen LogP contribution in [0.3, 0.4) is 0 Å². The van der Waals surface area contributed by atoms with Gasteiger partial charge in [0.05, 0.1) is 18.3 Å². The number of amides is 1. The van der Waals surface area contributed by atoms with Gasteiger partial charge in [0.1, 0.15) is 5.69 Å². The molecule has 1 amide bonds.